The van der Waals surface area contributed by atoms with Gasteiger partial charge in [0.1, 0.15) is 12.1 Å². The summed E-state index contributed by atoms with van der Waals surface area (Å²) in [5.74, 6) is 0.336. The monoisotopic (exact) mass is 458 g/mol. The summed E-state index contributed by atoms with van der Waals surface area (Å²) in [5, 5.41) is 11.0. The lowest BCUT2D eigenvalue weighted by Crippen LogP contribution is -2.46. The largest absolute Gasteiger partial charge is 0.418 e. The quantitative estimate of drug-likeness (QED) is 0.602. The van der Waals surface area contributed by atoms with Crippen molar-refractivity contribution in [3.8, 4) is 10.8 Å². The van der Waals surface area contributed by atoms with Crippen LogP contribution >= 0.6 is 27.3 Å². The van der Waals surface area contributed by atoms with Crippen molar-refractivity contribution in [3.05, 3.63) is 57.2 Å². The lowest BCUT2D eigenvalue weighted by atomic mass is 9.76. The van der Waals surface area contributed by atoms with Crippen molar-refractivity contribution in [2.45, 2.75) is 31.3 Å². The average Bonchev–Trinajstić information content (AvgIpc) is 3.39. The number of rotatable bonds is 3. The topological polar surface area (TPSA) is 88.3 Å². The third-order valence-corrected chi connectivity index (χ3v) is 6.81. The molecule has 3 aromatic rings. The van der Waals surface area contributed by atoms with E-state index >= 15 is 0 Å². The summed E-state index contributed by atoms with van der Waals surface area (Å²) in [6.07, 6.45) is 2.34. The molecule has 1 aliphatic heterocycles. The van der Waals surface area contributed by atoms with Gasteiger partial charge in [-0.1, -0.05) is 24.3 Å². The normalized spacial score (nSPS) is 21.2. The molecule has 1 spiro atoms. The van der Waals surface area contributed by atoms with Crippen molar-refractivity contribution in [1.82, 2.24) is 20.4 Å². The highest BCUT2D eigenvalue weighted by Crippen LogP contribution is 2.40. The van der Waals surface area contributed by atoms with Gasteiger partial charge in [0.05, 0.1) is 8.66 Å². The number of aromatic nitrogens is 2. The number of carbonyl (C=O) groups excluding carboxylic acids is 2. The van der Waals surface area contributed by atoms with Gasteiger partial charge in [-0.2, -0.15) is 0 Å². The lowest BCUT2D eigenvalue weighted by molar-refractivity contribution is -0.132. The molecular formula is C19H15BrN4O3S. The van der Waals surface area contributed by atoms with Crippen LogP contribution in [0.4, 0.5) is 4.79 Å². The minimum Gasteiger partial charge on any atom is -0.418 e. The minimum atomic E-state index is -0.993. The van der Waals surface area contributed by atoms with Gasteiger partial charge in [0.15, 0.2) is 0 Å². The first-order chi connectivity index (χ1) is 13.6. The SMILES string of the molecule is O=C1NC2(CCCc3ccccc32)C(=O)N1Cc1nnc(-c2ccc(Br)s2)o1. The molecule has 1 saturated heterocycles. The van der Waals surface area contributed by atoms with E-state index in [1.54, 1.807) is 0 Å². The molecule has 5 rings (SSSR count). The second-order valence-corrected chi connectivity index (χ2v) is 9.31. The number of nitrogens with zero attached hydrogens (tertiary/aromatic N) is 3. The van der Waals surface area contributed by atoms with E-state index in [1.165, 1.54) is 16.2 Å². The maximum Gasteiger partial charge on any atom is 0.325 e. The first kappa shape index (κ1) is 17.6. The molecule has 1 aromatic carbocycles. The summed E-state index contributed by atoms with van der Waals surface area (Å²) in [6.45, 7) is -0.0475. The Bertz CT molecular complexity index is 1090. The van der Waals surface area contributed by atoms with Gasteiger partial charge in [-0.15, -0.1) is 21.5 Å². The zero-order chi connectivity index (χ0) is 19.3. The van der Waals surface area contributed by atoms with E-state index < -0.39 is 11.6 Å². The Balaban J connectivity index is 1.43. The van der Waals surface area contributed by atoms with E-state index in [1.807, 2.05) is 36.4 Å². The number of aryl methyl sites for hydroxylation is 1. The summed E-state index contributed by atoms with van der Waals surface area (Å²) < 4.78 is 6.63. The van der Waals surface area contributed by atoms with Gasteiger partial charge < -0.3 is 9.73 Å². The van der Waals surface area contributed by atoms with Crippen LogP contribution in [0.2, 0.25) is 0 Å². The number of thiophene rings is 1. The van der Waals surface area contributed by atoms with Crippen LogP contribution in [0.25, 0.3) is 10.8 Å². The summed E-state index contributed by atoms with van der Waals surface area (Å²) in [6, 6.07) is 11.1. The number of imide groups is 1. The Kier molecular flexibility index (Phi) is 4.09. The highest BCUT2D eigenvalue weighted by molar-refractivity contribution is 9.11. The molecule has 0 saturated carbocycles. The van der Waals surface area contributed by atoms with Crippen LogP contribution in [0.3, 0.4) is 0 Å². The molecule has 1 atom stereocenters. The Morgan fingerprint density at radius 2 is 2.07 bits per heavy atom. The van der Waals surface area contributed by atoms with E-state index in [4.69, 9.17) is 4.42 Å². The van der Waals surface area contributed by atoms with Gasteiger partial charge >= 0.3 is 6.03 Å². The van der Waals surface area contributed by atoms with E-state index in [0.29, 0.717) is 12.3 Å². The zero-order valence-corrected chi connectivity index (χ0v) is 17.0. The number of urea groups is 1. The van der Waals surface area contributed by atoms with Crippen LogP contribution in [-0.4, -0.2) is 27.0 Å². The van der Waals surface area contributed by atoms with Crippen molar-refractivity contribution >= 4 is 39.2 Å². The van der Waals surface area contributed by atoms with Gasteiger partial charge in [0, 0.05) is 0 Å². The van der Waals surface area contributed by atoms with E-state index in [0.717, 1.165) is 32.6 Å². The smallest absolute Gasteiger partial charge is 0.325 e. The molecular weight excluding hydrogens is 444 g/mol. The molecule has 0 bridgehead atoms. The Morgan fingerprint density at radius 1 is 1.21 bits per heavy atom. The van der Waals surface area contributed by atoms with Crippen molar-refractivity contribution in [2.75, 3.05) is 0 Å². The molecule has 9 heteroatoms. The predicted molar refractivity (Wildman–Crippen MR) is 105 cm³/mol. The van der Waals surface area contributed by atoms with Gasteiger partial charge in [0.2, 0.25) is 5.89 Å². The number of amides is 3. The predicted octanol–water partition coefficient (Wildman–Crippen LogP) is 3.84. The molecule has 7 nitrogen and oxygen atoms in total. The van der Waals surface area contributed by atoms with E-state index in [9.17, 15) is 9.59 Å². The molecule has 2 aromatic heterocycles. The number of fused-ring (bicyclic) bond motifs is 2. The van der Waals surface area contributed by atoms with E-state index in [2.05, 4.69) is 31.4 Å². The van der Waals surface area contributed by atoms with Gasteiger partial charge in [0.25, 0.3) is 11.8 Å². The Labute approximate surface area is 172 Å². The van der Waals surface area contributed by atoms with Gasteiger partial charge in [-0.3, -0.25) is 9.69 Å². The van der Waals surface area contributed by atoms with Crippen LogP contribution < -0.4 is 5.32 Å². The van der Waals surface area contributed by atoms with Crippen molar-refractivity contribution in [2.24, 2.45) is 0 Å². The minimum absolute atomic E-state index is 0.0475. The molecule has 1 aliphatic carbocycles. The first-order valence-electron chi connectivity index (χ1n) is 8.87. The molecule has 3 amide bonds. The highest BCUT2D eigenvalue weighted by atomic mass is 79.9. The maximum atomic E-state index is 13.3. The summed E-state index contributed by atoms with van der Waals surface area (Å²) >= 11 is 4.87. The summed E-state index contributed by atoms with van der Waals surface area (Å²) in [7, 11) is 0. The van der Waals surface area contributed by atoms with Crippen LogP contribution in [0.1, 0.15) is 29.9 Å². The molecule has 1 unspecified atom stereocenters. The van der Waals surface area contributed by atoms with Crippen LogP contribution in [-0.2, 0) is 23.3 Å². The third kappa shape index (κ3) is 2.68. The van der Waals surface area contributed by atoms with E-state index in [-0.39, 0.29) is 18.3 Å². The third-order valence-electron chi connectivity index (χ3n) is 5.19. The molecule has 142 valence electrons. The number of nitrogens with one attached hydrogen (secondary N) is 1. The first-order valence-corrected chi connectivity index (χ1v) is 10.5. The number of halogens is 1. The molecule has 2 aliphatic rings. The second-order valence-electron chi connectivity index (χ2n) is 6.84. The molecule has 1 fully saturated rings. The number of benzene rings is 1. The van der Waals surface area contributed by atoms with Crippen molar-refractivity contribution in [1.29, 1.82) is 0 Å². The number of hydrogen-bond acceptors (Lipinski definition) is 6. The summed E-state index contributed by atoms with van der Waals surface area (Å²) in [4.78, 5) is 27.9. The number of carbonyl (C=O) groups is 2. The molecule has 3 heterocycles. The Morgan fingerprint density at radius 3 is 2.89 bits per heavy atom. The second kappa shape index (κ2) is 6.52. The van der Waals surface area contributed by atoms with Crippen molar-refractivity contribution < 1.29 is 14.0 Å². The fourth-order valence-electron chi connectivity index (χ4n) is 3.94. The average molecular weight is 459 g/mol. The van der Waals surface area contributed by atoms with Crippen LogP contribution in [0.5, 0.6) is 0 Å². The molecule has 0 radical (unpaired) electrons. The fourth-order valence-corrected chi connectivity index (χ4v) is 5.24. The zero-order valence-electron chi connectivity index (χ0n) is 14.6. The standard InChI is InChI=1S/C19H15BrN4O3S/c20-14-8-7-13(28-14)16-23-22-15(27-16)10-24-17(25)19(21-18(24)26)9-3-5-11-4-1-2-6-12(11)19/h1-2,4,6-8H,3,5,9-10H2,(H,21,26). The molecule has 1 N–H and O–H groups in total. The maximum absolute atomic E-state index is 13.3. The van der Waals surface area contributed by atoms with Crippen LogP contribution in [0.15, 0.2) is 44.6 Å². The molecule has 28 heavy (non-hydrogen) atoms. The Hall–Kier alpha value is -2.52. The van der Waals surface area contributed by atoms with Crippen LogP contribution in [0, 0.1) is 0 Å². The van der Waals surface area contributed by atoms with Gasteiger partial charge in [-0.25, -0.2) is 4.79 Å². The van der Waals surface area contributed by atoms with Crippen molar-refractivity contribution in [3.63, 3.8) is 0 Å². The van der Waals surface area contributed by atoms with Gasteiger partial charge in [-0.05, 0) is 58.5 Å². The highest BCUT2D eigenvalue weighted by Gasteiger charge is 2.54. The lowest BCUT2D eigenvalue weighted by Gasteiger charge is -2.33. The fraction of sp³-hybridized carbons (Fsp3) is 0.263. The number of hydrogen-bond donors (Lipinski definition) is 1. The summed E-state index contributed by atoms with van der Waals surface area (Å²) in [5.41, 5.74) is 0.997.